The van der Waals surface area contributed by atoms with Gasteiger partial charge in [0.2, 0.25) is 11.8 Å². The number of hydrogen-bond acceptors (Lipinski definition) is 4. The molecule has 124 valence electrons. The largest absolute Gasteiger partial charge is 0.325 e. The monoisotopic (exact) mass is 341 g/mol. The molecule has 2 N–H and O–H groups in total. The molecule has 1 aliphatic carbocycles. The van der Waals surface area contributed by atoms with E-state index in [1.54, 1.807) is 12.1 Å². The lowest BCUT2D eigenvalue weighted by Gasteiger charge is -2.44. The van der Waals surface area contributed by atoms with E-state index in [-0.39, 0.29) is 16.8 Å². The Hall–Kier alpha value is -2.26. The molecule has 2 aliphatic rings. The number of benzene rings is 1. The highest BCUT2D eigenvalue weighted by Crippen LogP contribution is 2.51. The molecule has 0 saturated heterocycles. The SMILES string of the molecule is N#CC1=C(S)NC(=O)[C@@H](C(=O)Nc2ccccc2)C12CCCCC2. The second-order valence-electron chi connectivity index (χ2n) is 6.33. The summed E-state index contributed by atoms with van der Waals surface area (Å²) in [4.78, 5) is 25.5. The number of carbonyl (C=O) groups is 2. The Morgan fingerprint density at radius 1 is 1.25 bits per heavy atom. The minimum Gasteiger partial charge on any atom is -0.325 e. The number of nitrogens with one attached hydrogen (secondary N) is 2. The number of carbonyl (C=O) groups excluding carboxylic acids is 2. The summed E-state index contributed by atoms with van der Waals surface area (Å²) < 4.78 is 0. The Bertz CT molecular complexity index is 730. The smallest absolute Gasteiger partial charge is 0.238 e. The third-order valence-corrected chi connectivity index (χ3v) is 5.29. The first kappa shape index (κ1) is 16.6. The van der Waals surface area contributed by atoms with Gasteiger partial charge in [0.15, 0.2) is 0 Å². The minimum absolute atomic E-state index is 0.285. The van der Waals surface area contributed by atoms with Crippen LogP contribution in [0.25, 0.3) is 0 Å². The van der Waals surface area contributed by atoms with Crippen molar-refractivity contribution >= 4 is 30.1 Å². The number of para-hydroxylation sites is 1. The maximum Gasteiger partial charge on any atom is 0.238 e. The Kier molecular flexibility index (Phi) is 4.63. The van der Waals surface area contributed by atoms with Crippen LogP contribution in [-0.4, -0.2) is 11.8 Å². The number of nitrogens with zero attached hydrogens (tertiary/aromatic N) is 1. The molecule has 1 heterocycles. The topological polar surface area (TPSA) is 82.0 Å². The normalized spacial score (nSPS) is 22.7. The Morgan fingerprint density at radius 2 is 1.92 bits per heavy atom. The molecular weight excluding hydrogens is 322 g/mol. The van der Waals surface area contributed by atoms with Crippen LogP contribution in [0.2, 0.25) is 0 Å². The standard InChI is InChI=1S/C18H19N3O2S/c19-11-13-17(24)21-16(23)14(18(13)9-5-2-6-10-18)15(22)20-12-7-3-1-4-8-12/h1,3-4,7-8,14,24H,2,5-6,9-10H2,(H,20,22)(H,21,23)/t14-/m1/s1. The third-order valence-electron chi connectivity index (χ3n) is 4.95. The van der Waals surface area contributed by atoms with E-state index in [2.05, 4.69) is 29.3 Å². The maximum absolute atomic E-state index is 12.9. The molecule has 0 bridgehead atoms. The molecule has 1 aromatic rings. The number of anilines is 1. The summed E-state index contributed by atoms with van der Waals surface area (Å²) in [5.74, 6) is -1.66. The van der Waals surface area contributed by atoms with Crippen LogP contribution < -0.4 is 10.6 Å². The van der Waals surface area contributed by atoms with Crippen LogP contribution in [0, 0.1) is 22.7 Å². The van der Waals surface area contributed by atoms with Gasteiger partial charge in [0.05, 0.1) is 16.7 Å². The van der Waals surface area contributed by atoms with Gasteiger partial charge in [-0.2, -0.15) is 5.26 Å². The number of thiol groups is 1. The van der Waals surface area contributed by atoms with E-state index in [1.807, 2.05) is 18.2 Å². The van der Waals surface area contributed by atoms with E-state index in [1.165, 1.54) is 0 Å². The molecule has 1 atom stereocenters. The first-order valence-corrected chi connectivity index (χ1v) is 8.54. The van der Waals surface area contributed by atoms with Gasteiger partial charge < -0.3 is 10.6 Å². The van der Waals surface area contributed by atoms with Crippen molar-refractivity contribution in [2.24, 2.45) is 11.3 Å². The fourth-order valence-corrected chi connectivity index (χ4v) is 4.26. The molecule has 1 aliphatic heterocycles. The zero-order valence-electron chi connectivity index (χ0n) is 13.2. The number of hydrogen-bond donors (Lipinski definition) is 3. The Balaban J connectivity index is 1.99. The Morgan fingerprint density at radius 3 is 2.54 bits per heavy atom. The van der Waals surface area contributed by atoms with Crippen LogP contribution in [0.1, 0.15) is 32.1 Å². The average Bonchev–Trinajstić information content (AvgIpc) is 2.56. The summed E-state index contributed by atoms with van der Waals surface area (Å²) in [6, 6.07) is 11.2. The van der Waals surface area contributed by atoms with E-state index in [4.69, 9.17) is 0 Å². The minimum atomic E-state index is -0.913. The molecule has 0 aromatic heterocycles. The summed E-state index contributed by atoms with van der Waals surface area (Å²) in [5, 5.41) is 15.3. The molecule has 0 unspecified atom stereocenters. The lowest BCUT2D eigenvalue weighted by Crippen LogP contribution is -2.53. The molecule has 0 radical (unpaired) electrons. The second kappa shape index (κ2) is 6.70. The average molecular weight is 341 g/mol. The number of allylic oxidation sites excluding steroid dienone is 1. The molecule has 1 saturated carbocycles. The lowest BCUT2D eigenvalue weighted by atomic mass is 9.60. The van der Waals surface area contributed by atoms with Crippen LogP contribution in [0.3, 0.4) is 0 Å². The third kappa shape index (κ3) is 2.80. The highest BCUT2D eigenvalue weighted by molar-refractivity contribution is 7.84. The molecule has 1 fully saturated rings. The van der Waals surface area contributed by atoms with Gasteiger partial charge in [0.25, 0.3) is 0 Å². The van der Waals surface area contributed by atoms with Gasteiger partial charge in [-0.25, -0.2) is 0 Å². The molecule has 1 spiro atoms. The van der Waals surface area contributed by atoms with Crippen LogP contribution >= 0.6 is 12.6 Å². The van der Waals surface area contributed by atoms with E-state index < -0.39 is 11.3 Å². The maximum atomic E-state index is 12.9. The van der Waals surface area contributed by atoms with Gasteiger partial charge in [-0.3, -0.25) is 9.59 Å². The predicted octanol–water partition coefficient (Wildman–Crippen LogP) is 2.99. The van der Waals surface area contributed by atoms with Gasteiger partial charge in [0, 0.05) is 11.1 Å². The lowest BCUT2D eigenvalue weighted by molar-refractivity contribution is -0.138. The van der Waals surface area contributed by atoms with Gasteiger partial charge >= 0.3 is 0 Å². The van der Waals surface area contributed by atoms with Crippen molar-refractivity contribution in [2.45, 2.75) is 32.1 Å². The van der Waals surface area contributed by atoms with Gasteiger partial charge in [-0.1, -0.05) is 37.5 Å². The first-order valence-electron chi connectivity index (χ1n) is 8.09. The van der Waals surface area contributed by atoms with Crippen molar-refractivity contribution < 1.29 is 9.59 Å². The second-order valence-corrected chi connectivity index (χ2v) is 6.78. The van der Waals surface area contributed by atoms with Crippen LogP contribution in [0.15, 0.2) is 40.9 Å². The summed E-state index contributed by atoms with van der Waals surface area (Å²) in [6.45, 7) is 0. The number of nitriles is 1. The molecule has 6 heteroatoms. The van der Waals surface area contributed by atoms with Crippen LogP contribution in [-0.2, 0) is 9.59 Å². The molecule has 24 heavy (non-hydrogen) atoms. The molecule has 3 rings (SSSR count). The van der Waals surface area contributed by atoms with Crippen molar-refractivity contribution in [1.29, 1.82) is 5.26 Å². The number of rotatable bonds is 2. The highest BCUT2D eigenvalue weighted by Gasteiger charge is 2.53. The first-order chi connectivity index (χ1) is 11.6. The van der Waals surface area contributed by atoms with Gasteiger partial charge in [-0.15, -0.1) is 12.6 Å². The van der Waals surface area contributed by atoms with Gasteiger partial charge in [0.1, 0.15) is 5.92 Å². The molecular formula is C18H19N3O2S. The summed E-state index contributed by atoms with van der Waals surface area (Å²) in [5.41, 5.74) is 0.324. The van der Waals surface area contributed by atoms with Crippen molar-refractivity contribution in [2.75, 3.05) is 5.32 Å². The van der Waals surface area contributed by atoms with E-state index in [0.29, 0.717) is 24.1 Å². The fraction of sp³-hybridized carbons (Fsp3) is 0.389. The predicted molar refractivity (Wildman–Crippen MR) is 93.8 cm³/mol. The van der Waals surface area contributed by atoms with Crippen LogP contribution in [0.4, 0.5) is 5.69 Å². The quantitative estimate of drug-likeness (QED) is 0.571. The van der Waals surface area contributed by atoms with Crippen molar-refractivity contribution in [1.82, 2.24) is 5.32 Å². The number of amides is 2. The van der Waals surface area contributed by atoms with Crippen molar-refractivity contribution in [3.63, 3.8) is 0 Å². The van der Waals surface area contributed by atoms with Crippen LogP contribution in [0.5, 0.6) is 0 Å². The summed E-state index contributed by atoms with van der Waals surface area (Å²) >= 11 is 4.28. The van der Waals surface area contributed by atoms with Gasteiger partial charge in [-0.05, 0) is 25.0 Å². The molecule has 5 nitrogen and oxygen atoms in total. The molecule has 1 aromatic carbocycles. The van der Waals surface area contributed by atoms with Crippen molar-refractivity contribution in [3.05, 3.63) is 40.9 Å². The van der Waals surface area contributed by atoms with E-state index in [9.17, 15) is 14.9 Å². The summed E-state index contributed by atoms with van der Waals surface area (Å²) in [6.07, 6.45) is 4.15. The summed E-state index contributed by atoms with van der Waals surface area (Å²) in [7, 11) is 0. The van der Waals surface area contributed by atoms with E-state index >= 15 is 0 Å². The van der Waals surface area contributed by atoms with E-state index in [0.717, 1.165) is 19.3 Å². The zero-order chi connectivity index (χ0) is 17.2. The highest BCUT2D eigenvalue weighted by atomic mass is 32.1. The Labute approximate surface area is 146 Å². The van der Waals surface area contributed by atoms with Crippen molar-refractivity contribution in [3.8, 4) is 6.07 Å². The fourth-order valence-electron chi connectivity index (χ4n) is 3.87. The zero-order valence-corrected chi connectivity index (χ0v) is 14.1. The molecule has 2 amide bonds.